The van der Waals surface area contributed by atoms with Gasteiger partial charge in [0.05, 0.1) is 5.69 Å². The molecule has 0 fully saturated rings. The lowest BCUT2D eigenvalue weighted by molar-refractivity contribution is 0.0997. The number of primary amides is 1. The molecule has 6 nitrogen and oxygen atoms in total. The van der Waals surface area contributed by atoms with E-state index in [0.29, 0.717) is 11.4 Å². The number of nitrogens with two attached hydrogens (primary N) is 1. The Morgan fingerprint density at radius 1 is 1.50 bits per heavy atom. The number of carbonyl (C=O) groups is 1. The number of aryl methyl sites for hydroxylation is 2. The van der Waals surface area contributed by atoms with Crippen LogP contribution < -0.4 is 10.5 Å². The maximum atomic E-state index is 11.4. The monoisotopic (exact) mass is 247 g/mol. The molecule has 0 aliphatic carbocycles. The largest absolute Gasteiger partial charge is 0.508 e. The summed E-state index contributed by atoms with van der Waals surface area (Å²) in [5.74, 6) is 0.133. The van der Waals surface area contributed by atoms with Gasteiger partial charge < -0.3 is 15.6 Å². The van der Waals surface area contributed by atoms with Crippen molar-refractivity contribution in [2.45, 2.75) is 6.92 Å². The van der Waals surface area contributed by atoms with Gasteiger partial charge in [-0.2, -0.15) is 5.10 Å². The molecule has 0 bridgehead atoms. The van der Waals surface area contributed by atoms with Crippen LogP contribution in [0.4, 0.5) is 0 Å². The summed E-state index contributed by atoms with van der Waals surface area (Å²) in [6.07, 6.45) is 0. The minimum Gasteiger partial charge on any atom is -0.508 e. The molecule has 0 saturated carbocycles. The molecule has 6 heteroatoms. The van der Waals surface area contributed by atoms with Gasteiger partial charge in [0.2, 0.25) is 5.88 Å². The van der Waals surface area contributed by atoms with Crippen molar-refractivity contribution in [1.29, 1.82) is 0 Å². The number of rotatable bonds is 3. The van der Waals surface area contributed by atoms with E-state index in [1.54, 1.807) is 26.1 Å². The second-order valence-electron chi connectivity index (χ2n) is 3.85. The van der Waals surface area contributed by atoms with E-state index in [2.05, 4.69) is 5.10 Å². The fraction of sp³-hybridized carbons (Fsp3) is 0.167. The molecule has 1 heterocycles. The summed E-state index contributed by atoms with van der Waals surface area (Å²) in [5, 5.41) is 13.4. The van der Waals surface area contributed by atoms with Crippen molar-refractivity contribution in [3.63, 3.8) is 0 Å². The molecule has 1 aromatic carbocycles. The van der Waals surface area contributed by atoms with Gasteiger partial charge in [-0.1, -0.05) is 6.07 Å². The molecule has 0 aliphatic heterocycles. The summed E-state index contributed by atoms with van der Waals surface area (Å²) < 4.78 is 6.97. The van der Waals surface area contributed by atoms with E-state index in [1.807, 2.05) is 0 Å². The molecule has 1 aromatic heterocycles. The molecule has 0 aliphatic rings. The molecular weight excluding hydrogens is 234 g/mol. The molecule has 94 valence electrons. The van der Waals surface area contributed by atoms with Crippen molar-refractivity contribution in [1.82, 2.24) is 9.78 Å². The highest BCUT2D eigenvalue weighted by atomic mass is 16.5. The van der Waals surface area contributed by atoms with Crippen molar-refractivity contribution in [3.8, 4) is 17.4 Å². The minimum absolute atomic E-state index is 0.0759. The van der Waals surface area contributed by atoms with Gasteiger partial charge in [0.25, 0.3) is 5.91 Å². The van der Waals surface area contributed by atoms with Crippen molar-refractivity contribution in [3.05, 3.63) is 35.5 Å². The third-order valence-electron chi connectivity index (χ3n) is 2.45. The molecule has 0 radical (unpaired) electrons. The topological polar surface area (TPSA) is 90.4 Å². The maximum absolute atomic E-state index is 11.4. The van der Waals surface area contributed by atoms with Crippen LogP contribution in [0.25, 0.3) is 0 Å². The van der Waals surface area contributed by atoms with Crippen LogP contribution in [0.5, 0.6) is 17.4 Å². The molecule has 2 aromatic rings. The molecule has 0 atom stereocenters. The normalized spacial score (nSPS) is 10.3. The predicted octanol–water partition coefficient (Wildman–Crippen LogP) is 1.33. The van der Waals surface area contributed by atoms with E-state index >= 15 is 0 Å². The van der Waals surface area contributed by atoms with Crippen LogP contribution in [0.3, 0.4) is 0 Å². The SMILES string of the molecule is Cc1nn(C)c(Oc2cccc(O)c2)c1C(N)=O. The Kier molecular flexibility index (Phi) is 2.93. The van der Waals surface area contributed by atoms with Gasteiger partial charge in [-0.25, -0.2) is 4.68 Å². The Labute approximate surface area is 104 Å². The molecule has 0 saturated heterocycles. The van der Waals surface area contributed by atoms with Gasteiger partial charge in [-0.05, 0) is 19.1 Å². The zero-order valence-corrected chi connectivity index (χ0v) is 10.0. The van der Waals surface area contributed by atoms with Crippen molar-refractivity contribution < 1.29 is 14.6 Å². The summed E-state index contributed by atoms with van der Waals surface area (Å²) in [6, 6.07) is 6.26. The number of aromatic nitrogens is 2. The molecule has 1 amide bonds. The van der Waals surface area contributed by atoms with E-state index in [-0.39, 0.29) is 17.2 Å². The van der Waals surface area contributed by atoms with Crippen LogP contribution in [-0.2, 0) is 7.05 Å². The number of carbonyl (C=O) groups excluding carboxylic acids is 1. The third kappa shape index (κ3) is 2.13. The fourth-order valence-electron chi connectivity index (χ4n) is 1.70. The van der Waals surface area contributed by atoms with Crippen LogP contribution >= 0.6 is 0 Å². The van der Waals surface area contributed by atoms with E-state index in [9.17, 15) is 9.90 Å². The highest BCUT2D eigenvalue weighted by Gasteiger charge is 2.20. The number of phenols is 1. The predicted molar refractivity (Wildman–Crippen MR) is 64.6 cm³/mol. The smallest absolute Gasteiger partial charge is 0.256 e. The third-order valence-corrected chi connectivity index (χ3v) is 2.45. The number of aromatic hydroxyl groups is 1. The Morgan fingerprint density at radius 3 is 2.83 bits per heavy atom. The van der Waals surface area contributed by atoms with Crippen LogP contribution in [0.1, 0.15) is 16.1 Å². The first-order valence-corrected chi connectivity index (χ1v) is 5.29. The van der Waals surface area contributed by atoms with Gasteiger partial charge in [0, 0.05) is 13.1 Å². The molecule has 0 unspecified atom stereocenters. The lowest BCUT2D eigenvalue weighted by Crippen LogP contribution is -2.13. The summed E-state index contributed by atoms with van der Waals surface area (Å²) in [6.45, 7) is 1.68. The number of phenolic OH excluding ortho intramolecular Hbond substituents is 1. The highest BCUT2D eigenvalue weighted by Crippen LogP contribution is 2.28. The van der Waals surface area contributed by atoms with Gasteiger partial charge in [0.15, 0.2) is 0 Å². The number of ether oxygens (including phenoxy) is 1. The second-order valence-corrected chi connectivity index (χ2v) is 3.85. The number of hydrogen-bond donors (Lipinski definition) is 2. The zero-order chi connectivity index (χ0) is 13.3. The first-order chi connectivity index (χ1) is 8.49. The van der Waals surface area contributed by atoms with Crippen LogP contribution in [0.2, 0.25) is 0 Å². The number of amides is 1. The van der Waals surface area contributed by atoms with Gasteiger partial charge >= 0.3 is 0 Å². The standard InChI is InChI=1S/C12H13N3O3/c1-7-10(11(13)17)12(15(2)14-7)18-9-5-3-4-8(16)6-9/h3-6,16H,1-2H3,(H2,13,17). The van der Waals surface area contributed by atoms with Crippen LogP contribution in [0, 0.1) is 6.92 Å². The van der Waals surface area contributed by atoms with Crippen molar-refractivity contribution >= 4 is 5.91 Å². The first kappa shape index (κ1) is 12.0. The summed E-state index contributed by atoms with van der Waals surface area (Å²) in [4.78, 5) is 11.4. The number of benzene rings is 1. The van der Waals surface area contributed by atoms with Gasteiger partial charge in [-0.3, -0.25) is 4.79 Å². The quantitative estimate of drug-likeness (QED) is 0.855. The van der Waals surface area contributed by atoms with Crippen molar-refractivity contribution in [2.24, 2.45) is 12.8 Å². The maximum Gasteiger partial charge on any atom is 0.256 e. The van der Waals surface area contributed by atoms with Gasteiger partial charge in [-0.15, -0.1) is 0 Å². The highest BCUT2D eigenvalue weighted by molar-refractivity contribution is 5.96. The molecule has 3 N–H and O–H groups in total. The summed E-state index contributed by atoms with van der Waals surface area (Å²) >= 11 is 0. The molecule has 0 spiro atoms. The van der Waals surface area contributed by atoms with Crippen LogP contribution in [-0.4, -0.2) is 20.8 Å². The van der Waals surface area contributed by atoms with E-state index in [4.69, 9.17) is 10.5 Å². The molecule has 18 heavy (non-hydrogen) atoms. The second kappa shape index (κ2) is 4.40. The lowest BCUT2D eigenvalue weighted by atomic mass is 10.2. The number of hydrogen-bond acceptors (Lipinski definition) is 4. The van der Waals surface area contributed by atoms with Crippen molar-refractivity contribution in [2.75, 3.05) is 0 Å². The molecular formula is C12H13N3O3. The first-order valence-electron chi connectivity index (χ1n) is 5.29. The average Bonchev–Trinajstić information content (AvgIpc) is 2.53. The van der Waals surface area contributed by atoms with Crippen LogP contribution in [0.15, 0.2) is 24.3 Å². The molecule has 2 rings (SSSR count). The van der Waals surface area contributed by atoms with E-state index in [0.717, 1.165) is 0 Å². The Balaban J connectivity index is 2.43. The lowest BCUT2D eigenvalue weighted by Gasteiger charge is -2.07. The van der Waals surface area contributed by atoms with Gasteiger partial charge in [0.1, 0.15) is 17.1 Å². The Morgan fingerprint density at radius 2 is 2.22 bits per heavy atom. The minimum atomic E-state index is -0.601. The Bertz CT molecular complexity index is 605. The Hall–Kier alpha value is -2.50. The van der Waals surface area contributed by atoms with E-state index in [1.165, 1.54) is 16.8 Å². The zero-order valence-electron chi connectivity index (χ0n) is 10.0. The summed E-state index contributed by atoms with van der Waals surface area (Å²) in [5.41, 5.74) is 6.03. The summed E-state index contributed by atoms with van der Waals surface area (Å²) in [7, 11) is 1.65. The van der Waals surface area contributed by atoms with E-state index < -0.39 is 5.91 Å². The number of nitrogens with zero attached hydrogens (tertiary/aromatic N) is 2. The average molecular weight is 247 g/mol. The fourth-order valence-corrected chi connectivity index (χ4v) is 1.70.